The number of benzene rings is 1. The van der Waals surface area contributed by atoms with Gasteiger partial charge >= 0.3 is 6.09 Å². The van der Waals surface area contributed by atoms with Gasteiger partial charge in [-0.2, -0.15) is 0 Å². The number of nitrogens with zero attached hydrogens (tertiary/aromatic N) is 2. The van der Waals surface area contributed by atoms with Crippen molar-refractivity contribution in [2.24, 2.45) is 16.3 Å². The van der Waals surface area contributed by atoms with Crippen LogP contribution in [0.25, 0.3) is 0 Å². The molecule has 1 saturated carbocycles. The van der Waals surface area contributed by atoms with E-state index in [-0.39, 0.29) is 16.4 Å². The first kappa shape index (κ1) is 28.5. The first-order chi connectivity index (χ1) is 16.6. The van der Waals surface area contributed by atoms with E-state index in [1.165, 1.54) is 30.0 Å². The van der Waals surface area contributed by atoms with Gasteiger partial charge in [-0.1, -0.05) is 58.1 Å². The summed E-state index contributed by atoms with van der Waals surface area (Å²) in [6.07, 6.45) is -1.70. The van der Waals surface area contributed by atoms with E-state index >= 15 is 8.78 Å². The summed E-state index contributed by atoms with van der Waals surface area (Å²) >= 11 is 1.20. The molecule has 198 valence electrons. The molecule has 1 aliphatic carbocycles. The third kappa shape index (κ3) is 5.58. The average molecular weight is 538 g/mol. The van der Waals surface area contributed by atoms with Gasteiger partial charge in [0.1, 0.15) is 24.3 Å². The molecule has 0 bridgehead atoms. The van der Waals surface area contributed by atoms with E-state index in [4.69, 9.17) is 10.5 Å². The molecule has 2 aliphatic rings. The predicted octanol–water partition coefficient (Wildman–Crippen LogP) is 6.16. The average Bonchev–Trinajstić information content (AvgIpc) is 3.47. The number of amides is 1. The van der Waals surface area contributed by atoms with Crippen LogP contribution in [0.3, 0.4) is 0 Å². The number of carboxylic acid groups (broad SMARTS) is 1. The summed E-state index contributed by atoms with van der Waals surface area (Å²) in [7, 11) is -1.44. The Kier molecular flexibility index (Phi) is 7.90. The lowest BCUT2D eigenvalue weighted by atomic mass is 9.84. The molecule has 1 aliphatic heterocycles. The molecule has 1 aromatic carbocycles. The summed E-state index contributed by atoms with van der Waals surface area (Å²) in [5.74, 6) is 4.98. The maximum Gasteiger partial charge on any atom is 0.415 e. The Labute approximate surface area is 218 Å². The number of nitrogens with two attached hydrogens (primary N) is 1. The number of alkyl halides is 1. The number of anilines is 1. The van der Waals surface area contributed by atoms with Gasteiger partial charge in [0.2, 0.25) is 0 Å². The highest BCUT2D eigenvalue weighted by Crippen LogP contribution is 2.66. The van der Waals surface area contributed by atoms with Crippen molar-refractivity contribution in [3.8, 4) is 11.8 Å². The molecule has 10 heteroatoms. The second-order valence-electron chi connectivity index (χ2n) is 11.9. The number of rotatable bonds is 7. The lowest BCUT2D eigenvalue weighted by Gasteiger charge is -2.42. The van der Waals surface area contributed by atoms with Crippen molar-refractivity contribution in [1.82, 2.24) is 4.90 Å². The van der Waals surface area contributed by atoms with Crippen LogP contribution in [0.15, 0.2) is 23.2 Å². The Morgan fingerprint density at radius 3 is 2.61 bits per heavy atom. The Morgan fingerprint density at radius 2 is 2.08 bits per heavy atom. The highest BCUT2D eigenvalue weighted by Gasteiger charge is 2.69. The van der Waals surface area contributed by atoms with Crippen LogP contribution in [-0.2, 0) is 10.3 Å². The van der Waals surface area contributed by atoms with E-state index in [0.717, 1.165) is 10.9 Å². The maximum atomic E-state index is 15.1. The summed E-state index contributed by atoms with van der Waals surface area (Å²) in [5, 5.41) is 10.4. The minimum atomic E-state index is -1.64. The molecule has 1 amide bonds. The zero-order chi connectivity index (χ0) is 27.1. The lowest BCUT2D eigenvalue weighted by molar-refractivity contribution is -0.0761. The molecule has 1 fully saturated rings. The molecule has 0 spiro atoms. The third-order valence-electron chi connectivity index (χ3n) is 6.57. The molecule has 3 rings (SSSR count). The van der Waals surface area contributed by atoms with Crippen molar-refractivity contribution < 1.29 is 23.4 Å². The number of halogens is 2. The number of hydrogen-bond donors (Lipinski definition) is 2. The van der Waals surface area contributed by atoms with E-state index < -0.39 is 54.5 Å². The second kappa shape index (κ2) is 9.99. The number of nitrogen functional groups attached to an aromatic ring is 1. The maximum absolute atomic E-state index is 15.1. The van der Waals surface area contributed by atoms with Crippen LogP contribution < -0.4 is 5.73 Å². The first-order valence-corrected chi connectivity index (χ1v) is 16.6. The zero-order valence-corrected chi connectivity index (χ0v) is 23.9. The highest BCUT2D eigenvalue weighted by molar-refractivity contribution is 8.15. The van der Waals surface area contributed by atoms with Crippen molar-refractivity contribution in [3.63, 3.8) is 0 Å². The van der Waals surface area contributed by atoms with Gasteiger partial charge in [-0.05, 0) is 37.6 Å². The summed E-state index contributed by atoms with van der Waals surface area (Å²) in [6, 6.07) is 4.85. The van der Waals surface area contributed by atoms with Gasteiger partial charge in [0.15, 0.2) is 5.17 Å². The van der Waals surface area contributed by atoms with Gasteiger partial charge in [0.05, 0.1) is 4.75 Å². The number of thioether (sulfide) groups is 1. The number of aliphatic imine (C=N–C) groups is 1. The lowest BCUT2D eigenvalue weighted by Crippen LogP contribution is -2.53. The summed E-state index contributed by atoms with van der Waals surface area (Å²) in [4.78, 5) is 18.5. The van der Waals surface area contributed by atoms with E-state index in [0.29, 0.717) is 13.0 Å². The highest BCUT2D eigenvalue weighted by atomic mass is 32.2. The van der Waals surface area contributed by atoms with Crippen LogP contribution in [-0.4, -0.2) is 53.6 Å². The topological polar surface area (TPSA) is 88.2 Å². The number of carbonyl (C=O) groups is 1. The largest absolute Gasteiger partial charge is 0.465 e. The normalized spacial score (nSPS) is 26.2. The molecule has 0 saturated heterocycles. The molecule has 1 aromatic rings. The number of fused-ring (bicyclic) bond motifs is 1. The van der Waals surface area contributed by atoms with Crippen molar-refractivity contribution in [3.05, 3.63) is 29.6 Å². The second-order valence-corrected chi connectivity index (χ2v) is 18.8. The Balaban J connectivity index is 2.17. The van der Waals surface area contributed by atoms with Gasteiger partial charge in [0, 0.05) is 37.3 Å². The molecule has 4 atom stereocenters. The van der Waals surface area contributed by atoms with Crippen LogP contribution >= 0.6 is 11.8 Å². The van der Waals surface area contributed by atoms with Crippen molar-refractivity contribution >= 4 is 36.8 Å². The SMILES string of the molecule is CC#C[C@]12C[C@H]1[C@@](CF)(c1cc(N)ccc1F)N=C(N(C(=O)O)C(OCC[Si](C)(C)C)C(C)(C)C)S2. The van der Waals surface area contributed by atoms with Crippen molar-refractivity contribution in [2.45, 2.75) is 76.3 Å². The van der Waals surface area contributed by atoms with Crippen LogP contribution in [0.5, 0.6) is 0 Å². The van der Waals surface area contributed by atoms with Crippen molar-refractivity contribution in [1.29, 1.82) is 0 Å². The van der Waals surface area contributed by atoms with Crippen LogP contribution in [0, 0.1) is 29.0 Å². The van der Waals surface area contributed by atoms with Crippen LogP contribution in [0.1, 0.15) is 39.7 Å². The number of ether oxygens (including phenoxy) is 1. The molecule has 0 radical (unpaired) electrons. The van der Waals surface area contributed by atoms with Crippen LogP contribution in [0.2, 0.25) is 25.7 Å². The minimum Gasteiger partial charge on any atom is -0.465 e. The van der Waals surface area contributed by atoms with E-state index in [1.54, 1.807) is 6.92 Å². The molecule has 36 heavy (non-hydrogen) atoms. The number of amidine groups is 1. The Hall–Kier alpha value is -2.09. The van der Waals surface area contributed by atoms with Gasteiger partial charge in [-0.15, -0.1) is 5.92 Å². The van der Waals surface area contributed by atoms with Crippen LogP contribution in [0.4, 0.5) is 19.3 Å². The Morgan fingerprint density at radius 1 is 1.42 bits per heavy atom. The molecule has 6 nitrogen and oxygen atoms in total. The molecule has 3 N–H and O–H groups in total. The van der Waals surface area contributed by atoms with Crippen molar-refractivity contribution in [2.75, 3.05) is 19.0 Å². The fraction of sp³-hybridized carbons (Fsp3) is 0.615. The van der Waals surface area contributed by atoms with Gasteiger partial charge < -0.3 is 15.6 Å². The molecule has 1 heterocycles. The molecule has 1 unspecified atom stereocenters. The molecular formula is C26H37F2N3O3SSi. The van der Waals surface area contributed by atoms with E-state index in [2.05, 4.69) is 36.5 Å². The minimum absolute atomic E-state index is 0.0184. The molecule has 0 aromatic heterocycles. The fourth-order valence-corrected chi connectivity index (χ4v) is 6.89. The van der Waals surface area contributed by atoms with E-state index in [1.807, 2.05) is 20.8 Å². The fourth-order valence-electron chi connectivity index (χ4n) is 4.61. The first-order valence-electron chi connectivity index (χ1n) is 12.1. The monoisotopic (exact) mass is 537 g/mol. The quantitative estimate of drug-likeness (QED) is 0.188. The standard InChI is InChI=1S/C26H37F2N3O3SSi/c1-8-11-25-15-20(25)26(16-27,18-14-17(29)9-10-19(18)28)30-22(35-25)31(23(32)33)21(24(2,3)4)34-12-13-36(5,6)7/h9-10,14,20-21H,12-13,15-16,29H2,1-7H3,(H,32,33)/t20-,21?,25+,26-/m1/s1. The van der Waals surface area contributed by atoms with Gasteiger partial charge in [-0.25, -0.2) is 23.5 Å². The summed E-state index contributed by atoms with van der Waals surface area (Å²) < 4.78 is 35.6. The summed E-state index contributed by atoms with van der Waals surface area (Å²) in [5.41, 5.74) is 3.98. The number of hydrogen-bond acceptors (Lipinski definition) is 5. The summed E-state index contributed by atoms with van der Waals surface area (Å²) in [6.45, 7) is 13.4. The Bertz CT molecular complexity index is 1110. The van der Waals surface area contributed by atoms with Gasteiger partial charge in [-0.3, -0.25) is 0 Å². The van der Waals surface area contributed by atoms with Gasteiger partial charge in [0.25, 0.3) is 0 Å². The predicted molar refractivity (Wildman–Crippen MR) is 145 cm³/mol. The smallest absolute Gasteiger partial charge is 0.415 e. The zero-order valence-electron chi connectivity index (χ0n) is 22.1. The molecular weight excluding hydrogens is 500 g/mol. The van der Waals surface area contributed by atoms with E-state index in [9.17, 15) is 9.90 Å². The third-order valence-corrected chi connectivity index (χ3v) is 9.66.